The molecule has 0 aromatic heterocycles. The Balaban J connectivity index is 1.85. The predicted octanol–water partition coefficient (Wildman–Crippen LogP) is 1.57. The highest BCUT2D eigenvalue weighted by Crippen LogP contribution is 2.31. The maximum absolute atomic E-state index is 12.4. The molecule has 3 rings (SSSR count). The molecule has 0 saturated carbocycles. The first-order chi connectivity index (χ1) is 11.0. The second-order valence-electron chi connectivity index (χ2n) is 5.45. The summed E-state index contributed by atoms with van der Waals surface area (Å²) >= 11 is 0. The van der Waals surface area contributed by atoms with Crippen LogP contribution >= 0.6 is 0 Å². The molecule has 118 valence electrons. The van der Waals surface area contributed by atoms with Crippen molar-refractivity contribution in [3.63, 3.8) is 0 Å². The van der Waals surface area contributed by atoms with Crippen LogP contribution in [0.5, 0.6) is 0 Å². The van der Waals surface area contributed by atoms with Crippen LogP contribution < -0.4 is 11.1 Å². The Kier molecular flexibility index (Phi) is 3.71. The van der Waals surface area contributed by atoms with E-state index in [1.807, 2.05) is 24.3 Å². The number of benzene rings is 2. The summed E-state index contributed by atoms with van der Waals surface area (Å²) in [5.74, 6) is -0.492. The standard InChI is InChI=1S/C16H15N3O4/c17-12-6-5-10(7-13(12)19(22)23)16(21)18-15-11-4-2-1-3-9(11)8-14(15)20/h1-7,14-15,20H,8,17H2,(H,18,21). The number of carbonyl (C=O) groups excluding carboxylic acids is 1. The summed E-state index contributed by atoms with van der Waals surface area (Å²) in [5, 5.41) is 23.8. The van der Waals surface area contributed by atoms with E-state index in [-0.39, 0.29) is 16.9 Å². The number of nitro benzene ring substituents is 1. The first kappa shape index (κ1) is 15.0. The molecular weight excluding hydrogens is 298 g/mol. The fourth-order valence-corrected chi connectivity index (χ4v) is 2.82. The molecule has 0 saturated heterocycles. The van der Waals surface area contributed by atoms with Gasteiger partial charge in [-0.05, 0) is 23.3 Å². The Hall–Kier alpha value is -2.93. The highest BCUT2D eigenvalue weighted by molar-refractivity contribution is 5.96. The van der Waals surface area contributed by atoms with Gasteiger partial charge >= 0.3 is 0 Å². The zero-order valence-electron chi connectivity index (χ0n) is 12.1. The number of aliphatic hydroxyl groups excluding tert-OH is 1. The predicted molar refractivity (Wildman–Crippen MR) is 83.9 cm³/mol. The maximum atomic E-state index is 12.4. The molecule has 0 bridgehead atoms. The minimum Gasteiger partial charge on any atom is -0.393 e. The van der Waals surface area contributed by atoms with Crippen molar-refractivity contribution in [2.45, 2.75) is 18.6 Å². The van der Waals surface area contributed by atoms with Crippen molar-refractivity contribution in [2.24, 2.45) is 0 Å². The number of hydrogen-bond acceptors (Lipinski definition) is 5. The third kappa shape index (κ3) is 2.74. The average Bonchev–Trinajstić information content (AvgIpc) is 2.83. The Morgan fingerprint density at radius 1 is 1.30 bits per heavy atom. The first-order valence-corrected chi connectivity index (χ1v) is 7.08. The van der Waals surface area contributed by atoms with Gasteiger partial charge in [0.05, 0.1) is 17.1 Å². The van der Waals surface area contributed by atoms with Gasteiger partial charge in [-0.15, -0.1) is 0 Å². The van der Waals surface area contributed by atoms with Crippen molar-refractivity contribution in [2.75, 3.05) is 5.73 Å². The number of nitro groups is 1. The third-order valence-corrected chi connectivity index (χ3v) is 3.98. The lowest BCUT2D eigenvalue weighted by molar-refractivity contribution is -0.383. The lowest BCUT2D eigenvalue weighted by Crippen LogP contribution is -2.33. The highest BCUT2D eigenvalue weighted by atomic mass is 16.6. The minimum atomic E-state index is -0.722. The number of carbonyl (C=O) groups is 1. The highest BCUT2D eigenvalue weighted by Gasteiger charge is 2.32. The van der Waals surface area contributed by atoms with Gasteiger partial charge in [0.1, 0.15) is 5.69 Å². The number of nitrogen functional groups attached to an aromatic ring is 1. The Labute approximate surface area is 131 Å². The molecule has 7 heteroatoms. The van der Waals surface area contributed by atoms with E-state index < -0.39 is 23.0 Å². The second-order valence-corrected chi connectivity index (χ2v) is 5.45. The molecule has 7 nitrogen and oxygen atoms in total. The van der Waals surface area contributed by atoms with Gasteiger partial charge in [-0.2, -0.15) is 0 Å². The molecule has 0 aliphatic heterocycles. The summed E-state index contributed by atoms with van der Waals surface area (Å²) in [5.41, 5.74) is 7.18. The van der Waals surface area contributed by atoms with Crippen LogP contribution in [0.1, 0.15) is 27.5 Å². The number of aliphatic hydroxyl groups is 1. The molecule has 2 aromatic carbocycles. The van der Waals surface area contributed by atoms with Crippen LogP contribution in [0.15, 0.2) is 42.5 Å². The lowest BCUT2D eigenvalue weighted by atomic mass is 10.1. The normalized spacial score (nSPS) is 19.2. The Morgan fingerprint density at radius 2 is 2.04 bits per heavy atom. The van der Waals surface area contributed by atoms with E-state index in [9.17, 15) is 20.0 Å². The number of nitrogens with zero attached hydrogens (tertiary/aromatic N) is 1. The van der Waals surface area contributed by atoms with E-state index in [0.717, 1.165) is 17.2 Å². The molecule has 23 heavy (non-hydrogen) atoms. The maximum Gasteiger partial charge on any atom is 0.292 e. The van der Waals surface area contributed by atoms with E-state index in [1.54, 1.807) is 0 Å². The quantitative estimate of drug-likeness (QED) is 0.451. The number of nitrogens with one attached hydrogen (secondary N) is 1. The molecule has 0 heterocycles. The van der Waals surface area contributed by atoms with Crippen LogP contribution in [0, 0.1) is 10.1 Å². The smallest absolute Gasteiger partial charge is 0.292 e. The Bertz CT molecular complexity index is 791. The summed E-state index contributed by atoms with van der Waals surface area (Å²) in [6.45, 7) is 0. The second kappa shape index (κ2) is 5.69. The number of nitrogens with two attached hydrogens (primary N) is 1. The van der Waals surface area contributed by atoms with Gasteiger partial charge in [-0.25, -0.2) is 0 Å². The van der Waals surface area contributed by atoms with Crippen LogP contribution in [0.4, 0.5) is 11.4 Å². The van der Waals surface area contributed by atoms with Gasteiger partial charge < -0.3 is 16.2 Å². The summed E-state index contributed by atoms with van der Waals surface area (Å²) in [6.07, 6.45) is -0.261. The van der Waals surface area contributed by atoms with E-state index in [1.165, 1.54) is 12.1 Å². The molecule has 2 atom stereocenters. The molecular formula is C16H15N3O4. The van der Waals surface area contributed by atoms with Gasteiger partial charge in [0.15, 0.2) is 0 Å². The van der Waals surface area contributed by atoms with Gasteiger partial charge in [-0.1, -0.05) is 24.3 Å². The van der Waals surface area contributed by atoms with E-state index in [4.69, 9.17) is 5.73 Å². The Morgan fingerprint density at radius 3 is 2.78 bits per heavy atom. The molecule has 1 aliphatic carbocycles. The van der Waals surface area contributed by atoms with E-state index in [2.05, 4.69) is 5.32 Å². The van der Waals surface area contributed by atoms with Crippen LogP contribution in [0.2, 0.25) is 0 Å². The zero-order valence-corrected chi connectivity index (χ0v) is 12.1. The third-order valence-electron chi connectivity index (χ3n) is 3.98. The summed E-state index contributed by atoms with van der Waals surface area (Å²) in [6, 6.07) is 10.8. The molecule has 2 unspecified atom stereocenters. The van der Waals surface area contributed by atoms with E-state index >= 15 is 0 Å². The number of amides is 1. The molecule has 0 spiro atoms. The van der Waals surface area contributed by atoms with Crippen molar-refractivity contribution in [3.05, 3.63) is 69.3 Å². The van der Waals surface area contributed by atoms with Gasteiger partial charge in [-0.3, -0.25) is 14.9 Å². The SMILES string of the molecule is Nc1ccc(C(=O)NC2c3ccccc3CC2O)cc1[N+](=O)[O-]. The monoisotopic (exact) mass is 313 g/mol. The van der Waals surface area contributed by atoms with Crippen LogP contribution in [-0.4, -0.2) is 22.0 Å². The molecule has 0 fully saturated rings. The number of fused-ring (bicyclic) bond motifs is 1. The molecule has 1 amide bonds. The molecule has 0 radical (unpaired) electrons. The van der Waals surface area contributed by atoms with Gasteiger partial charge in [0, 0.05) is 18.1 Å². The largest absolute Gasteiger partial charge is 0.393 e. The van der Waals surface area contributed by atoms with Crippen molar-refractivity contribution in [1.82, 2.24) is 5.32 Å². The van der Waals surface area contributed by atoms with Crippen molar-refractivity contribution in [3.8, 4) is 0 Å². The summed E-state index contributed by atoms with van der Waals surface area (Å²) < 4.78 is 0. The zero-order chi connectivity index (χ0) is 16.6. The first-order valence-electron chi connectivity index (χ1n) is 7.08. The molecule has 4 N–H and O–H groups in total. The summed E-state index contributed by atoms with van der Waals surface area (Å²) in [7, 11) is 0. The van der Waals surface area contributed by atoms with Crippen molar-refractivity contribution >= 4 is 17.3 Å². The summed E-state index contributed by atoms with van der Waals surface area (Å²) in [4.78, 5) is 22.6. The van der Waals surface area contributed by atoms with Crippen molar-refractivity contribution in [1.29, 1.82) is 0 Å². The average molecular weight is 313 g/mol. The minimum absolute atomic E-state index is 0.00204. The van der Waals surface area contributed by atoms with Gasteiger partial charge in [0.25, 0.3) is 11.6 Å². The molecule has 2 aromatic rings. The molecule has 1 aliphatic rings. The fraction of sp³-hybridized carbons (Fsp3) is 0.188. The van der Waals surface area contributed by atoms with Crippen LogP contribution in [0.3, 0.4) is 0 Å². The fourth-order valence-electron chi connectivity index (χ4n) is 2.82. The lowest BCUT2D eigenvalue weighted by Gasteiger charge is -2.18. The van der Waals surface area contributed by atoms with Gasteiger partial charge in [0.2, 0.25) is 0 Å². The number of rotatable bonds is 3. The van der Waals surface area contributed by atoms with E-state index in [0.29, 0.717) is 6.42 Å². The topological polar surface area (TPSA) is 118 Å². The van der Waals surface area contributed by atoms with Crippen molar-refractivity contribution < 1.29 is 14.8 Å². The number of anilines is 1. The van der Waals surface area contributed by atoms with Crippen LogP contribution in [0.25, 0.3) is 0 Å². The number of hydrogen-bond donors (Lipinski definition) is 3. The van der Waals surface area contributed by atoms with Crippen LogP contribution in [-0.2, 0) is 6.42 Å².